The van der Waals surface area contributed by atoms with E-state index in [1.165, 1.54) is 42.5 Å². The van der Waals surface area contributed by atoms with Crippen LogP contribution in [0.3, 0.4) is 0 Å². The van der Waals surface area contributed by atoms with Crippen LogP contribution in [0, 0.1) is 19.7 Å². The number of benzene rings is 3. The van der Waals surface area contributed by atoms with Gasteiger partial charge in [-0.2, -0.15) is 0 Å². The van der Waals surface area contributed by atoms with Crippen LogP contribution in [-0.4, -0.2) is 20.9 Å². The maximum Gasteiger partial charge on any atom is 0.262 e. The Morgan fingerprint density at radius 2 is 1.72 bits per heavy atom. The molecule has 0 aliphatic carbocycles. The topological polar surface area (TPSA) is 84.5 Å². The second kappa shape index (κ2) is 9.82. The Bertz CT molecular complexity index is 1230. The molecule has 0 aromatic heterocycles. The van der Waals surface area contributed by atoms with Gasteiger partial charge in [-0.1, -0.05) is 25.1 Å². The highest BCUT2D eigenvalue weighted by molar-refractivity contribution is 7.92. The van der Waals surface area contributed by atoms with Crippen LogP contribution in [-0.2, 0) is 21.2 Å². The Kier molecular flexibility index (Phi) is 7.15. The van der Waals surface area contributed by atoms with E-state index in [9.17, 15) is 17.6 Å². The first-order valence-electron chi connectivity index (χ1n) is 10.1. The highest BCUT2D eigenvalue weighted by atomic mass is 32.2. The predicted molar refractivity (Wildman–Crippen MR) is 123 cm³/mol. The molecule has 2 N–H and O–H groups in total. The van der Waals surface area contributed by atoms with Crippen molar-refractivity contribution in [2.24, 2.45) is 0 Å². The van der Waals surface area contributed by atoms with Gasteiger partial charge in [0.1, 0.15) is 11.6 Å². The van der Waals surface area contributed by atoms with E-state index >= 15 is 0 Å². The zero-order valence-corrected chi connectivity index (χ0v) is 18.9. The van der Waals surface area contributed by atoms with E-state index in [0.717, 1.165) is 23.2 Å². The molecule has 0 radical (unpaired) electrons. The summed E-state index contributed by atoms with van der Waals surface area (Å²) >= 11 is 0. The third-order valence-corrected chi connectivity index (χ3v) is 6.30. The normalized spacial score (nSPS) is 11.1. The first-order valence-corrected chi connectivity index (χ1v) is 11.6. The number of rotatable bonds is 8. The van der Waals surface area contributed by atoms with Gasteiger partial charge in [-0.15, -0.1) is 0 Å². The summed E-state index contributed by atoms with van der Waals surface area (Å²) in [6.45, 7) is 5.43. The second-order valence-electron chi connectivity index (χ2n) is 7.34. The fraction of sp³-hybridized carbons (Fsp3) is 0.208. The number of halogens is 1. The van der Waals surface area contributed by atoms with Crippen molar-refractivity contribution >= 4 is 27.3 Å². The predicted octanol–water partition coefficient (Wildman–Crippen LogP) is 4.82. The van der Waals surface area contributed by atoms with Crippen molar-refractivity contribution < 1.29 is 22.3 Å². The van der Waals surface area contributed by atoms with Crippen molar-refractivity contribution in [3.63, 3.8) is 0 Å². The highest BCUT2D eigenvalue weighted by Gasteiger charge is 2.17. The number of carbonyl (C=O) groups is 1. The Morgan fingerprint density at radius 1 is 1.00 bits per heavy atom. The molecule has 32 heavy (non-hydrogen) atoms. The van der Waals surface area contributed by atoms with Crippen molar-refractivity contribution in [2.45, 2.75) is 32.1 Å². The summed E-state index contributed by atoms with van der Waals surface area (Å²) in [5.74, 6) is -0.355. The van der Waals surface area contributed by atoms with E-state index in [4.69, 9.17) is 4.74 Å². The summed E-state index contributed by atoms with van der Waals surface area (Å²) in [6.07, 6.45) is 0.791. The van der Waals surface area contributed by atoms with Gasteiger partial charge in [0, 0.05) is 11.4 Å². The van der Waals surface area contributed by atoms with Crippen LogP contribution >= 0.6 is 0 Å². The number of hydrogen-bond acceptors (Lipinski definition) is 4. The molecule has 8 heteroatoms. The Hall–Kier alpha value is -3.39. The summed E-state index contributed by atoms with van der Waals surface area (Å²) in [7, 11) is -3.86. The molecule has 3 aromatic carbocycles. The number of ether oxygens (including phenoxy) is 1. The Labute approximate surface area is 187 Å². The van der Waals surface area contributed by atoms with Crippen molar-refractivity contribution in [3.8, 4) is 5.75 Å². The summed E-state index contributed by atoms with van der Waals surface area (Å²) in [5.41, 5.74) is 3.61. The smallest absolute Gasteiger partial charge is 0.262 e. The quantitative estimate of drug-likeness (QED) is 0.509. The number of carbonyl (C=O) groups excluding carboxylic acids is 1. The summed E-state index contributed by atoms with van der Waals surface area (Å²) in [4.78, 5) is 12.4. The lowest BCUT2D eigenvalue weighted by Crippen LogP contribution is -2.21. The van der Waals surface area contributed by atoms with Gasteiger partial charge in [0.2, 0.25) is 0 Å². The minimum absolute atomic E-state index is 0.0311. The molecule has 0 spiro atoms. The van der Waals surface area contributed by atoms with Crippen molar-refractivity contribution in [1.29, 1.82) is 0 Å². The summed E-state index contributed by atoms with van der Waals surface area (Å²) in [6, 6.07) is 15.2. The lowest BCUT2D eigenvalue weighted by atomic mass is 10.1. The number of aryl methyl sites for hydroxylation is 3. The maximum absolute atomic E-state index is 13.0. The molecule has 0 aliphatic rings. The lowest BCUT2D eigenvalue weighted by Gasteiger charge is -2.14. The van der Waals surface area contributed by atoms with Crippen molar-refractivity contribution in [1.82, 2.24) is 0 Å². The average Bonchev–Trinajstić information content (AvgIpc) is 2.75. The molecule has 3 rings (SSSR count). The number of sulfonamides is 1. The largest absolute Gasteiger partial charge is 0.483 e. The van der Waals surface area contributed by atoms with E-state index < -0.39 is 15.8 Å². The molecule has 6 nitrogen and oxygen atoms in total. The molecule has 0 unspecified atom stereocenters. The molecule has 0 bridgehead atoms. The molecule has 3 aromatic rings. The molecule has 0 saturated carbocycles. The third-order valence-electron chi connectivity index (χ3n) is 4.92. The maximum atomic E-state index is 13.0. The molecule has 0 fully saturated rings. The summed E-state index contributed by atoms with van der Waals surface area (Å²) < 4.78 is 46.2. The fourth-order valence-corrected chi connectivity index (χ4v) is 4.35. The van der Waals surface area contributed by atoms with Crippen LogP contribution in [0.4, 0.5) is 15.8 Å². The second-order valence-corrected chi connectivity index (χ2v) is 9.02. The number of hydrogen-bond donors (Lipinski definition) is 2. The summed E-state index contributed by atoms with van der Waals surface area (Å²) in [5, 5.41) is 2.89. The zero-order chi connectivity index (χ0) is 23.3. The number of para-hydroxylation sites is 1. The molecular weight excluding hydrogens is 431 g/mol. The third kappa shape index (κ3) is 5.64. The van der Waals surface area contributed by atoms with Crippen molar-refractivity contribution in [2.75, 3.05) is 16.6 Å². The zero-order valence-electron chi connectivity index (χ0n) is 18.1. The first-order chi connectivity index (χ1) is 15.2. The van der Waals surface area contributed by atoms with E-state index in [1.54, 1.807) is 6.92 Å². The van der Waals surface area contributed by atoms with Gasteiger partial charge in [0.25, 0.3) is 15.9 Å². The van der Waals surface area contributed by atoms with Gasteiger partial charge >= 0.3 is 0 Å². The Morgan fingerprint density at radius 3 is 2.38 bits per heavy atom. The molecule has 168 valence electrons. The highest BCUT2D eigenvalue weighted by Crippen LogP contribution is 2.24. The molecule has 1 amide bonds. The number of nitrogens with one attached hydrogen (secondary N) is 2. The van der Waals surface area contributed by atoms with E-state index in [2.05, 4.69) is 10.0 Å². The number of anilines is 2. The van der Waals surface area contributed by atoms with E-state index in [0.29, 0.717) is 11.3 Å². The van der Waals surface area contributed by atoms with Crippen LogP contribution in [0.2, 0.25) is 0 Å². The van der Waals surface area contributed by atoms with Gasteiger partial charge in [-0.25, -0.2) is 12.8 Å². The van der Waals surface area contributed by atoms with E-state index in [-0.39, 0.29) is 23.1 Å². The van der Waals surface area contributed by atoms with Gasteiger partial charge < -0.3 is 10.1 Å². The monoisotopic (exact) mass is 456 g/mol. The SMILES string of the molecule is CCc1cccc(C)c1NC(=O)COc1ccc(S(=O)(=O)Nc2ccc(F)cc2)cc1C. The molecule has 0 saturated heterocycles. The van der Waals surface area contributed by atoms with Crippen LogP contribution in [0.1, 0.15) is 23.6 Å². The Balaban J connectivity index is 1.66. The minimum Gasteiger partial charge on any atom is -0.483 e. The van der Waals surface area contributed by atoms with Gasteiger partial charge in [0.05, 0.1) is 4.90 Å². The first kappa shape index (κ1) is 23.3. The van der Waals surface area contributed by atoms with Crippen LogP contribution < -0.4 is 14.8 Å². The van der Waals surface area contributed by atoms with Crippen LogP contribution in [0.5, 0.6) is 5.75 Å². The van der Waals surface area contributed by atoms with Crippen LogP contribution in [0.25, 0.3) is 0 Å². The molecule has 0 atom stereocenters. The lowest BCUT2D eigenvalue weighted by molar-refractivity contribution is -0.118. The van der Waals surface area contributed by atoms with Gasteiger partial charge in [-0.3, -0.25) is 9.52 Å². The number of amides is 1. The molecule has 0 heterocycles. The van der Waals surface area contributed by atoms with Gasteiger partial charge in [0.15, 0.2) is 6.61 Å². The van der Waals surface area contributed by atoms with Crippen molar-refractivity contribution in [3.05, 3.63) is 83.2 Å². The minimum atomic E-state index is -3.86. The average molecular weight is 457 g/mol. The molecule has 0 aliphatic heterocycles. The fourth-order valence-electron chi connectivity index (χ4n) is 3.20. The van der Waals surface area contributed by atoms with E-state index in [1.807, 2.05) is 32.0 Å². The molecular formula is C24H25FN2O4S. The van der Waals surface area contributed by atoms with Crippen LogP contribution in [0.15, 0.2) is 65.6 Å². The van der Waals surface area contributed by atoms with Gasteiger partial charge in [-0.05, 0) is 79.4 Å². The standard InChI is InChI=1S/C24H25FN2O4S/c1-4-18-7-5-6-16(2)24(18)26-23(28)15-31-22-13-12-21(14-17(22)3)32(29,30)27-20-10-8-19(25)9-11-20/h5-14,27H,4,15H2,1-3H3,(H,26,28).